The van der Waals surface area contributed by atoms with E-state index >= 15 is 0 Å². The van der Waals surface area contributed by atoms with E-state index in [2.05, 4.69) is 5.32 Å². The van der Waals surface area contributed by atoms with Crippen LogP contribution in [-0.2, 0) is 0 Å². The summed E-state index contributed by atoms with van der Waals surface area (Å²) in [6.07, 6.45) is 0. The Morgan fingerprint density at radius 3 is 2.40 bits per heavy atom. The maximum absolute atomic E-state index is 13.4. The van der Waals surface area contributed by atoms with Gasteiger partial charge in [-0.15, -0.1) is 0 Å². The molecule has 1 N–H and O–H groups in total. The van der Waals surface area contributed by atoms with E-state index in [-0.39, 0.29) is 6.04 Å². The van der Waals surface area contributed by atoms with Crippen molar-refractivity contribution in [2.45, 2.75) is 13.0 Å². The third-order valence-electron chi connectivity index (χ3n) is 3.27. The van der Waals surface area contributed by atoms with Crippen molar-refractivity contribution in [2.75, 3.05) is 14.2 Å². The maximum atomic E-state index is 13.4. The van der Waals surface area contributed by atoms with Gasteiger partial charge in [-0.05, 0) is 43.3 Å². The van der Waals surface area contributed by atoms with Crippen LogP contribution in [0.3, 0.4) is 0 Å². The van der Waals surface area contributed by atoms with Crippen molar-refractivity contribution >= 4 is 0 Å². The van der Waals surface area contributed by atoms with E-state index < -0.39 is 11.6 Å². The maximum Gasteiger partial charge on any atom is 0.159 e. The van der Waals surface area contributed by atoms with Crippen molar-refractivity contribution in [1.82, 2.24) is 5.32 Å². The van der Waals surface area contributed by atoms with Crippen LogP contribution in [0.4, 0.5) is 8.78 Å². The lowest BCUT2D eigenvalue weighted by molar-refractivity contribution is 0.405. The Balaban J connectivity index is 2.49. The number of hydrogen-bond donors (Lipinski definition) is 1. The van der Waals surface area contributed by atoms with Crippen LogP contribution in [0.1, 0.15) is 22.7 Å². The highest BCUT2D eigenvalue weighted by molar-refractivity contribution is 5.43. The highest BCUT2D eigenvalue weighted by atomic mass is 19.2. The summed E-state index contributed by atoms with van der Waals surface area (Å²) in [6, 6.07) is 9.45. The summed E-state index contributed by atoms with van der Waals surface area (Å²) in [5, 5.41) is 3.11. The average Bonchev–Trinajstić information content (AvgIpc) is 2.44. The van der Waals surface area contributed by atoms with Gasteiger partial charge in [-0.3, -0.25) is 0 Å². The first-order valence-corrected chi connectivity index (χ1v) is 6.33. The predicted molar refractivity (Wildman–Crippen MR) is 75.0 cm³/mol. The van der Waals surface area contributed by atoms with Gasteiger partial charge < -0.3 is 10.1 Å². The van der Waals surface area contributed by atoms with Crippen molar-refractivity contribution in [2.24, 2.45) is 0 Å². The van der Waals surface area contributed by atoms with Gasteiger partial charge in [0.2, 0.25) is 0 Å². The molecule has 2 rings (SSSR count). The fourth-order valence-corrected chi connectivity index (χ4v) is 2.25. The summed E-state index contributed by atoms with van der Waals surface area (Å²) in [7, 11) is 3.36. The first-order chi connectivity index (χ1) is 9.56. The molecule has 0 spiro atoms. The number of hydrogen-bond acceptors (Lipinski definition) is 2. The minimum absolute atomic E-state index is 0.263. The molecule has 0 aromatic heterocycles. The summed E-state index contributed by atoms with van der Waals surface area (Å²) >= 11 is 0. The number of halogens is 2. The Hall–Kier alpha value is -1.94. The van der Waals surface area contributed by atoms with Crippen molar-refractivity contribution in [1.29, 1.82) is 0 Å². The zero-order chi connectivity index (χ0) is 14.7. The van der Waals surface area contributed by atoms with Gasteiger partial charge in [0, 0.05) is 5.56 Å². The normalized spacial score (nSPS) is 12.2. The molecule has 0 radical (unpaired) electrons. The molecule has 0 saturated heterocycles. The van der Waals surface area contributed by atoms with Gasteiger partial charge in [0.1, 0.15) is 5.75 Å². The SMILES string of the molecule is CNC(c1ccc(F)c(F)c1)c1ccc(C)cc1OC. The van der Waals surface area contributed by atoms with E-state index in [4.69, 9.17) is 4.74 Å². The Morgan fingerprint density at radius 1 is 1.05 bits per heavy atom. The summed E-state index contributed by atoms with van der Waals surface area (Å²) in [5.41, 5.74) is 2.60. The summed E-state index contributed by atoms with van der Waals surface area (Å²) in [6.45, 7) is 1.97. The molecule has 2 aromatic rings. The minimum atomic E-state index is -0.853. The average molecular weight is 277 g/mol. The van der Waals surface area contributed by atoms with Crippen LogP contribution in [0.2, 0.25) is 0 Å². The number of methoxy groups -OCH3 is 1. The van der Waals surface area contributed by atoms with Crippen LogP contribution in [0.15, 0.2) is 36.4 Å². The number of ether oxygens (including phenoxy) is 1. The van der Waals surface area contributed by atoms with Gasteiger partial charge in [-0.2, -0.15) is 0 Å². The van der Waals surface area contributed by atoms with Crippen LogP contribution in [-0.4, -0.2) is 14.2 Å². The fourth-order valence-electron chi connectivity index (χ4n) is 2.25. The van der Waals surface area contributed by atoms with E-state index in [9.17, 15) is 8.78 Å². The van der Waals surface area contributed by atoms with Gasteiger partial charge in [-0.25, -0.2) is 8.78 Å². The Kier molecular flexibility index (Phi) is 4.35. The first-order valence-electron chi connectivity index (χ1n) is 6.33. The Bertz CT molecular complexity index is 613. The molecule has 2 nitrogen and oxygen atoms in total. The van der Waals surface area contributed by atoms with Crippen LogP contribution < -0.4 is 10.1 Å². The molecule has 0 aliphatic carbocycles. The van der Waals surface area contributed by atoms with E-state index in [1.54, 1.807) is 20.2 Å². The molecule has 0 aliphatic rings. The molecule has 0 amide bonds. The van der Waals surface area contributed by atoms with Gasteiger partial charge in [-0.1, -0.05) is 18.2 Å². The lowest BCUT2D eigenvalue weighted by Gasteiger charge is -2.20. The lowest BCUT2D eigenvalue weighted by Crippen LogP contribution is -2.18. The second kappa shape index (κ2) is 6.01. The molecule has 0 bridgehead atoms. The zero-order valence-corrected chi connectivity index (χ0v) is 11.7. The molecule has 4 heteroatoms. The molecule has 106 valence electrons. The molecule has 2 aromatic carbocycles. The van der Waals surface area contributed by atoms with E-state index in [1.165, 1.54) is 6.07 Å². The van der Waals surface area contributed by atoms with E-state index in [0.29, 0.717) is 11.3 Å². The third-order valence-corrected chi connectivity index (χ3v) is 3.27. The number of aryl methyl sites for hydroxylation is 1. The Morgan fingerprint density at radius 2 is 1.80 bits per heavy atom. The Labute approximate surface area is 117 Å². The molecular weight excluding hydrogens is 260 g/mol. The molecule has 1 unspecified atom stereocenters. The topological polar surface area (TPSA) is 21.3 Å². The summed E-state index contributed by atoms with van der Waals surface area (Å²) in [4.78, 5) is 0. The minimum Gasteiger partial charge on any atom is -0.496 e. The molecule has 0 saturated carbocycles. The van der Waals surface area contributed by atoms with Gasteiger partial charge in [0.05, 0.1) is 13.2 Å². The van der Waals surface area contributed by atoms with Crippen LogP contribution in [0, 0.1) is 18.6 Å². The molecular formula is C16H17F2NO. The highest BCUT2D eigenvalue weighted by Gasteiger charge is 2.18. The zero-order valence-electron chi connectivity index (χ0n) is 11.7. The second-order valence-corrected chi connectivity index (χ2v) is 4.64. The monoisotopic (exact) mass is 277 g/mol. The molecule has 0 aliphatic heterocycles. The largest absolute Gasteiger partial charge is 0.496 e. The molecule has 0 fully saturated rings. The number of rotatable bonds is 4. The smallest absolute Gasteiger partial charge is 0.159 e. The third kappa shape index (κ3) is 2.80. The highest BCUT2D eigenvalue weighted by Crippen LogP contribution is 2.31. The van der Waals surface area contributed by atoms with Gasteiger partial charge >= 0.3 is 0 Å². The van der Waals surface area contributed by atoms with Gasteiger partial charge in [0.25, 0.3) is 0 Å². The van der Waals surface area contributed by atoms with Crippen LogP contribution in [0.5, 0.6) is 5.75 Å². The standard InChI is InChI=1S/C16H17F2NO/c1-10-4-6-12(15(8-10)20-3)16(19-2)11-5-7-13(17)14(18)9-11/h4-9,16,19H,1-3H3. The summed E-state index contributed by atoms with van der Waals surface area (Å²) < 4.78 is 31.8. The predicted octanol–water partition coefficient (Wildman–Crippen LogP) is 3.59. The van der Waals surface area contributed by atoms with Crippen molar-refractivity contribution in [3.63, 3.8) is 0 Å². The quantitative estimate of drug-likeness (QED) is 0.922. The fraction of sp³-hybridized carbons (Fsp3) is 0.250. The van der Waals surface area contributed by atoms with Crippen LogP contribution in [0.25, 0.3) is 0 Å². The van der Waals surface area contributed by atoms with Crippen molar-refractivity contribution in [3.05, 3.63) is 64.7 Å². The second-order valence-electron chi connectivity index (χ2n) is 4.64. The molecule has 20 heavy (non-hydrogen) atoms. The molecule has 0 heterocycles. The van der Waals surface area contributed by atoms with Crippen LogP contribution >= 0.6 is 0 Å². The summed E-state index contributed by atoms with van der Waals surface area (Å²) in [5.74, 6) is -0.984. The van der Waals surface area contributed by atoms with E-state index in [1.807, 2.05) is 25.1 Å². The van der Waals surface area contributed by atoms with E-state index in [0.717, 1.165) is 17.2 Å². The van der Waals surface area contributed by atoms with Gasteiger partial charge in [0.15, 0.2) is 11.6 Å². The lowest BCUT2D eigenvalue weighted by atomic mass is 9.97. The first kappa shape index (κ1) is 14.5. The molecule has 1 atom stereocenters. The number of nitrogens with one attached hydrogen (secondary N) is 1. The number of benzene rings is 2. The van der Waals surface area contributed by atoms with Crippen molar-refractivity contribution < 1.29 is 13.5 Å². The van der Waals surface area contributed by atoms with Crippen molar-refractivity contribution in [3.8, 4) is 5.75 Å².